The zero-order valence-electron chi connectivity index (χ0n) is 6.78. The molecule has 1 aliphatic rings. The molecule has 1 atom stereocenters. The van der Waals surface area contributed by atoms with Crippen molar-refractivity contribution in [2.24, 2.45) is 5.92 Å². The molecule has 0 aromatic rings. The number of hydrogen-bond donors (Lipinski definition) is 1. The molecule has 0 aromatic carbocycles. The molecule has 0 spiro atoms. The Morgan fingerprint density at radius 3 is 2.75 bits per heavy atom. The van der Waals surface area contributed by atoms with Crippen LogP contribution < -0.4 is 5.32 Å². The Morgan fingerprint density at radius 2 is 2.33 bits per heavy atom. The molecule has 1 radical (unpaired) electrons. The maximum Gasteiger partial charge on any atom is 0.251 e. The van der Waals surface area contributed by atoms with Gasteiger partial charge in [0.05, 0.1) is 0 Å². The number of rotatable bonds is 2. The fraction of sp³-hybridized carbons (Fsp3) is 0.750. The smallest absolute Gasteiger partial charge is 0.251 e. The van der Waals surface area contributed by atoms with Crippen molar-refractivity contribution in [2.45, 2.75) is 31.6 Å². The second-order valence-corrected chi connectivity index (χ2v) is 3.15. The fourth-order valence-corrected chi connectivity index (χ4v) is 1.55. The summed E-state index contributed by atoms with van der Waals surface area (Å²) in [6, 6.07) is 0. The van der Waals surface area contributed by atoms with E-state index in [0.717, 1.165) is 0 Å². The van der Waals surface area contributed by atoms with E-state index in [0.29, 0.717) is 12.8 Å². The van der Waals surface area contributed by atoms with Gasteiger partial charge in [-0.15, -0.1) is 0 Å². The monoisotopic (exact) mass is 176 g/mol. The molecule has 0 heterocycles. The van der Waals surface area contributed by atoms with E-state index >= 15 is 0 Å². The number of carbonyl (C=O) groups is 1. The number of alkyl halides is 2. The van der Waals surface area contributed by atoms with E-state index in [2.05, 4.69) is 12.4 Å². The van der Waals surface area contributed by atoms with Crippen molar-refractivity contribution < 1.29 is 13.6 Å². The third-order valence-electron chi connectivity index (χ3n) is 2.29. The minimum atomic E-state index is -2.65. The number of carbonyl (C=O) groups excluding carboxylic acids is 1. The lowest BCUT2D eigenvalue weighted by molar-refractivity contribution is -0.124. The first kappa shape index (κ1) is 9.42. The molecule has 2 nitrogen and oxygen atoms in total. The van der Waals surface area contributed by atoms with Gasteiger partial charge in [0.1, 0.15) is 0 Å². The van der Waals surface area contributed by atoms with Crippen molar-refractivity contribution in [2.75, 3.05) is 0 Å². The lowest BCUT2D eigenvalue weighted by atomic mass is 10.0. The molecule has 12 heavy (non-hydrogen) atoms. The highest BCUT2D eigenvalue weighted by atomic mass is 19.3. The lowest BCUT2D eigenvalue weighted by Gasteiger charge is -2.17. The van der Waals surface area contributed by atoms with Crippen molar-refractivity contribution in [1.29, 1.82) is 0 Å². The molecule has 1 rings (SSSR count). The number of nitrogens with one attached hydrogen (secondary N) is 1. The zero-order valence-corrected chi connectivity index (χ0v) is 6.78. The van der Waals surface area contributed by atoms with Crippen molar-refractivity contribution in [3.63, 3.8) is 0 Å². The van der Waals surface area contributed by atoms with Gasteiger partial charge in [-0.25, -0.2) is 8.78 Å². The Balaban J connectivity index is 2.47. The molecule has 1 N–H and O–H groups in total. The van der Waals surface area contributed by atoms with E-state index in [1.165, 1.54) is 0 Å². The molecule has 69 valence electrons. The predicted octanol–water partition coefficient (Wildman–Crippen LogP) is 1.72. The molecule has 0 saturated heterocycles. The Kier molecular flexibility index (Phi) is 2.65. The van der Waals surface area contributed by atoms with Crippen LogP contribution in [0.15, 0.2) is 0 Å². The highest BCUT2D eigenvalue weighted by Crippen LogP contribution is 2.41. The molecular formula is C8H12F2NO. The normalized spacial score (nSPS) is 27.1. The second-order valence-electron chi connectivity index (χ2n) is 3.15. The first-order valence-electron chi connectivity index (χ1n) is 4.00. The third-order valence-corrected chi connectivity index (χ3v) is 2.29. The van der Waals surface area contributed by atoms with Gasteiger partial charge >= 0.3 is 0 Å². The van der Waals surface area contributed by atoms with Gasteiger partial charge in [0, 0.05) is 25.8 Å². The van der Waals surface area contributed by atoms with Crippen molar-refractivity contribution in [3.05, 3.63) is 7.05 Å². The van der Waals surface area contributed by atoms with Gasteiger partial charge in [-0.05, 0) is 12.8 Å². The quantitative estimate of drug-likeness (QED) is 0.682. The van der Waals surface area contributed by atoms with Gasteiger partial charge in [-0.3, -0.25) is 4.79 Å². The maximum atomic E-state index is 12.9. The SMILES string of the molecule is [CH2]NC(=O)CC1CCCC1(F)F. The van der Waals surface area contributed by atoms with E-state index in [-0.39, 0.29) is 12.8 Å². The molecule has 0 aliphatic heterocycles. The van der Waals surface area contributed by atoms with Gasteiger partial charge in [0.2, 0.25) is 5.91 Å². The van der Waals surface area contributed by atoms with Crippen LogP contribution in [-0.4, -0.2) is 11.8 Å². The van der Waals surface area contributed by atoms with Crippen molar-refractivity contribution >= 4 is 5.91 Å². The standard InChI is InChI=1S/C8H12F2NO/c1-11-7(12)5-6-3-2-4-8(6,9)10/h6H,1-5H2,(H,11,12). The summed E-state index contributed by atoms with van der Waals surface area (Å²) < 4.78 is 25.8. The Bertz CT molecular complexity index is 182. The van der Waals surface area contributed by atoms with Crippen LogP contribution in [0.4, 0.5) is 8.78 Å². The van der Waals surface area contributed by atoms with E-state index in [4.69, 9.17) is 0 Å². The number of hydrogen-bond acceptors (Lipinski definition) is 1. The predicted molar refractivity (Wildman–Crippen MR) is 40.4 cm³/mol. The molecule has 1 unspecified atom stereocenters. The minimum Gasteiger partial charge on any atom is -0.354 e. The fourth-order valence-electron chi connectivity index (χ4n) is 1.55. The number of amides is 1. The first-order valence-corrected chi connectivity index (χ1v) is 4.00. The molecular weight excluding hydrogens is 164 g/mol. The largest absolute Gasteiger partial charge is 0.354 e. The molecule has 0 bridgehead atoms. The molecule has 4 heteroatoms. The average molecular weight is 176 g/mol. The van der Waals surface area contributed by atoms with Crippen LogP contribution in [0.1, 0.15) is 25.7 Å². The highest BCUT2D eigenvalue weighted by Gasteiger charge is 2.44. The minimum absolute atomic E-state index is 0.0813. The van der Waals surface area contributed by atoms with Crippen LogP contribution >= 0.6 is 0 Å². The topological polar surface area (TPSA) is 29.1 Å². The van der Waals surface area contributed by atoms with E-state index in [1.807, 2.05) is 0 Å². The Morgan fingerprint density at radius 1 is 1.67 bits per heavy atom. The first-order chi connectivity index (χ1) is 5.56. The van der Waals surface area contributed by atoms with Gasteiger partial charge in [-0.2, -0.15) is 0 Å². The second kappa shape index (κ2) is 3.37. The summed E-state index contributed by atoms with van der Waals surface area (Å²) in [6.07, 6.45) is 0.779. The van der Waals surface area contributed by atoms with Crippen LogP contribution in [0.2, 0.25) is 0 Å². The zero-order chi connectivity index (χ0) is 9.19. The molecule has 1 fully saturated rings. The van der Waals surface area contributed by atoms with E-state index in [9.17, 15) is 13.6 Å². The summed E-state index contributed by atoms with van der Waals surface area (Å²) in [4.78, 5) is 10.7. The highest BCUT2D eigenvalue weighted by molar-refractivity contribution is 5.76. The van der Waals surface area contributed by atoms with Crippen molar-refractivity contribution in [1.82, 2.24) is 5.32 Å². The van der Waals surface area contributed by atoms with Gasteiger partial charge in [-0.1, -0.05) is 0 Å². The number of halogens is 2. The van der Waals surface area contributed by atoms with Gasteiger partial charge in [0.15, 0.2) is 0 Å². The van der Waals surface area contributed by atoms with E-state index in [1.54, 1.807) is 0 Å². The van der Waals surface area contributed by atoms with Gasteiger partial charge < -0.3 is 5.32 Å². The van der Waals surface area contributed by atoms with Crippen molar-refractivity contribution in [3.8, 4) is 0 Å². The van der Waals surface area contributed by atoms with Crippen LogP contribution in [0.5, 0.6) is 0 Å². The van der Waals surface area contributed by atoms with Crippen LogP contribution in [0.3, 0.4) is 0 Å². The summed E-state index contributed by atoms with van der Waals surface area (Å²) in [5, 5.41) is 2.11. The summed E-state index contributed by atoms with van der Waals surface area (Å²) in [5.41, 5.74) is 0. The Labute approximate surface area is 70.3 Å². The molecule has 1 saturated carbocycles. The average Bonchev–Trinajstić information content (AvgIpc) is 2.31. The summed E-state index contributed by atoms with van der Waals surface area (Å²) in [7, 11) is 3.13. The summed E-state index contributed by atoms with van der Waals surface area (Å²) in [6.45, 7) is 0. The summed E-state index contributed by atoms with van der Waals surface area (Å²) in [5.74, 6) is -3.83. The van der Waals surface area contributed by atoms with E-state index < -0.39 is 17.7 Å². The van der Waals surface area contributed by atoms with Gasteiger partial charge in [0.25, 0.3) is 5.92 Å². The van der Waals surface area contributed by atoms with Crippen LogP contribution in [0.25, 0.3) is 0 Å². The Hall–Kier alpha value is -0.670. The van der Waals surface area contributed by atoms with Crippen LogP contribution in [0, 0.1) is 13.0 Å². The van der Waals surface area contributed by atoms with Crippen LogP contribution in [-0.2, 0) is 4.79 Å². The molecule has 0 aromatic heterocycles. The lowest BCUT2D eigenvalue weighted by Crippen LogP contribution is -2.28. The molecule has 1 aliphatic carbocycles. The molecule has 1 amide bonds. The third kappa shape index (κ3) is 1.93. The summed E-state index contributed by atoms with van der Waals surface area (Å²) >= 11 is 0. The maximum absolute atomic E-state index is 12.9.